The average molecular weight is 602 g/mol. The van der Waals surface area contributed by atoms with Gasteiger partial charge in [-0.2, -0.15) is 0 Å². The first kappa shape index (κ1) is 38.3. The predicted molar refractivity (Wildman–Crippen MR) is 162 cm³/mol. The minimum atomic E-state index is -1.10. The van der Waals surface area contributed by atoms with Gasteiger partial charge in [0, 0.05) is 59.4 Å². The van der Waals surface area contributed by atoms with Gasteiger partial charge in [0.15, 0.2) is 0 Å². The lowest BCUT2D eigenvalue weighted by molar-refractivity contribution is -0.114. The number of piperazine rings is 1. The number of amides is 1. The molecule has 1 heterocycles. The number of carbonyl (C=O) groups is 1. The molecule has 0 saturated carbocycles. The second-order valence-electron chi connectivity index (χ2n) is 10.2. The molecule has 0 bridgehead atoms. The van der Waals surface area contributed by atoms with Crippen molar-refractivity contribution in [3.63, 3.8) is 0 Å². The molecule has 0 radical (unpaired) electrons. The van der Waals surface area contributed by atoms with Gasteiger partial charge in [0.2, 0.25) is 0 Å². The smallest absolute Gasteiger partial charge is 0.264 e. The molecule has 0 atom stereocenters. The van der Waals surface area contributed by atoms with Crippen molar-refractivity contribution < 1.29 is 39.1 Å². The van der Waals surface area contributed by atoms with E-state index in [4.69, 9.17) is 25.4 Å². The minimum absolute atomic E-state index is 0.210. The Balaban J connectivity index is 2.20. The molecule has 0 unspecified atom stereocenters. The maximum Gasteiger partial charge on any atom is 0.264 e. The Labute approximate surface area is 252 Å². The number of terminal acetylenes is 1. The Morgan fingerprint density at radius 2 is 1.36 bits per heavy atom. The summed E-state index contributed by atoms with van der Waals surface area (Å²) in [5, 5.41) is 32.7. The Morgan fingerprint density at radius 3 is 1.88 bits per heavy atom. The summed E-state index contributed by atoms with van der Waals surface area (Å²) in [7, 11) is 1.57. The van der Waals surface area contributed by atoms with Gasteiger partial charge in [0.25, 0.3) is 5.91 Å². The van der Waals surface area contributed by atoms with Gasteiger partial charge in [0.05, 0.1) is 77.3 Å². The van der Waals surface area contributed by atoms with Crippen molar-refractivity contribution in [2.45, 2.75) is 25.3 Å². The van der Waals surface area contributed by atoms with E-state index in [1.54, 1.807) is 14.0 Å². The van der Waals surface area contributed by atoms with Crippen LogP contribution in [0.1, 0.15) is 19.8 Å². The van der Waals surface area contributed by atoms with Gasteiger partial charge in [-0.1, -0.05) is 5.92 Å². The highest BCUT2D eigenvalue weighted by Gasteiger charge is 2.35. The van der Waals surface area contributed by atoms with Crippen molar-refractivity contribution in [1.29, 1.82) is 0 Å². The maximum atomic E-state index is 11.9. The zero-order valence-corrected chi connectivity index (χ0v) is 25.8. The van der Waals surface area contributed by atoms with Crippen LogP contribution in [0.2, 0.25) is 0 Å². The molecule has 0 aliphatic carbocycles. The van der Waals surface area contributed by atoms with Gasteiger partial charge in [-0.05, 0) is 26.3 Å². The van der Waals surface area contributed by atoms with Crippen LogP contribution in [0.5, 0.6) is 0 Å². The lowest BCUT2D eigenvalue weighted by Gasteiger charge is -2.41. The fraction of sp³-hybridized carbons (Fsp3) is 0.862. The summed E-state index contributed by atoms with van der Waals surface area (Å²) in [5.74, 6) is 2.19. The molecule has 0 aromatic heterocycles. The SMILES string of the molecule is C#CCOCCOCCOCCOCCN1CCN(CCCN(CCCNC(=O)C(C)=NC)C(CO)(CO)CO)CC1. The Kier molecular flexibility index (Phi) is 22.5. The summed E-state index contributed by atoms with van der Waals surface area (Å²) < 4.78 is 21.7. The molecule has 13 heteroatoms. The van der Waals surface area contributed by atoms with Crippen molar-refractivity contribution in [3.8, 4) is 12.3 Å². The van der Waals surface area contributed by atoms with E-state index >= 15 is 0 Å². The number of hydrogen-bond donors (Lipinski definition) is 4. The third-order valence-corrected chi connectivity index (χ3v) is 7.33. The van der Waals surface area contributed by atoms with Crippen LogP contribution < -0.4 is 5.32 Å². The molecule has 1 amide bonds. The maximum absolute atomic E-state index is 11.9. The van der Waals surface area contributed by atoms with Crippen molar-refractivity contribution in [3.05, 3.63) is 0 Å². The molecule has 1 rings (SSSR count). The Morgan fingerprint density at radius 1 is 0.857 bits per heavy atom. The molecule has 1 aliphatic heterocycles. The molecule has 13 nitrogen and oxygen atoms in total. The van der Waals surface area contributed by atoms with Crippen LogP contribution in [0.15, 0.2) is 4.99 Å². The number of nitrogens with one attached hydrogen (secondary N) is 1. The van der Waals surface area contributed by atoms with E-state index in [2.05, 4.69) is 26.0 Å². The van der Waals surface area contributed by atoms with Gasteiger partial charge in [0.1, 0.15) is 6.61 Å². The number of aliphatic hydroxyl groups excluding tert-OH is 3. The third-order valence-electron chi connectivity index (χ3n) is 7.33. The highest BCUT2D eigenvalue weighted by molar-refractivity contribution is 6.37. The van der Waals surface area contributed by atoms with Crippen LogP contribution in [-0.4, -0.2) is 186 Å². The van der Waals surface area contributed by atoms with Crippen LogP contribution >= 0.6 is 0 Å². The first-order valence-electron chi connectivity index (χ1n) is 14.9. The summed E-state index contributed by atoms with van der Waals surface area (Å²) >= 11 is 0. The standard InChI is InChI=1S/C29H55N5O8/c1-4-16-39-18-20-41-22-23-42-21-19-40-17-15-33-13-11-32(12-14-33)8-6-10-34(29(24-35,25-36)26-37)9-5-7-31-28(38)27(2)30-3/h1,35-37H,5-26H2,2-3H3,(H,31,38). The van der Waals surface area contributed by atoms with E-state index in [-0.39, 0.29) is 25.7 Å². The van der Waals surface area contributed by atoms with Crippen LogP contribution in [0.4, 0.5) is 0 Å². The molecule has 0 aromatic carbocycles. The van der Waals surface area contributed by atoms with Crippen LogP contribution in [-0.2, 0) is 23.7 Å². The molecule has 42 heavy (non-hydrogen) atoms. The van der Waals surface area contributed by atoms with Crippen molar-refractivity contribution in [1.82, 2.24) is 20.0 Å². The van der Waals surface area contributed by atoms with E-state index in [0.717, 1.165) is 45.7 Å². The number of carbonyl (C=O) groups excluding carboxylic acids is 1. The molecule has 0 aromatic rings. The molecular weight excluding hydrogens is 546 g/mol. The number of hydrogen-bond acceptors (Lipinski definition) is 12. The quantitative estimate of drug-likeness (QED) is 0.0511. The van der Waals surface area contributed by atoms with Gasteiger partial charge in [-0.15, -0.1) is 6.42 Å². The highest BCUT2D eigenvalue weighted by Crippen LogP contribution is 2.16. The zero-order chi connectivity index (χ0) is 30.9. The van der Waals surface area contributed by atoms with Crippen LogP contribution in [0.25, 0.3) is 0 Å². The topological polar surface area (TPSA) is 149 Å². The first-order valence-corrected chi connectivity index (χ1v) is 14.9. The normalized spacial score (nSPS) is 15.3. The lowest BCUT2D eigenvalue weighted by atomic mass is 9.99. The molecular formula is C29H55N5O8. The molecule has 1 saturated heterocycles. The minimum Gasteiger partial charge on any atom is -0.394 e. The molecule has 1 fully saturated rings. The second kappa shape index (κ2) is 24.7. The fourth-order valence-corrected chi connectivity index (χ4v) is 4.44. The number of aliphatic hydroxyl groups is 3. The lowest BCUT2D eigenvalue weighted by Crippen LogP contribution is -2.58. The average Bonchev–Trinajstić information content (AvgIpc) is 3.02. The number of nitrogens with zero attached hydrogens (tertiary/aromatic N) is 4. The largest absolute Gasteiger partial charge is 0.394 e. The summed E-state index contributed by atoms with van der Waals surface area (Å²) in [5.41, 5.74) is -0.683. The molecule has 0 spiro atoms. The second-order valence-corrected chi connectivity index (χ2v) is 10.2. The van der Waals surface area contributed by atoms with Crippen molar-refractivity contribution in [2.24, 2.45) is 4.99 Å². The fourth-order valence-electron chi connectivity index (χ4n) is 4.44. The van der Waals surface area contributed by atoms with Gasteiger partial charge < -0.3 is 44.5 Å². The summed E-state index contributed by atoms with van der Waals surface area (Å²) in [6, 6.07) is 0. The number of aliphatic imine (C=N–C) groups is 1. The molecule has 1 aliphatic rings. The van der Waals surface area contributed by atoms with Crippen LogP contribution in [0.3, 0.4) is 0 Å². The van der Waals surface area contributed by atoms with Crippen molar-refractivity contribution >= 4 is 11.6 Å². The monoisotopic (exact) mass is 601 g/mol. The number of ether oxygens (including phenoxy) is 4. The van der Waals surface area contributed by atoms with E-state index in [1.165, 1.54) is 0 Å². The number of rotatable bonds is 26. The van der Waals surface area contributed by atoms with E-state index in [0.29, 0.717) is 84.6 Å². The summed E-state index contributed by atoms with van der Waals surface area (Å²) in [4.78, 5) is 22.6. The Bertz CT molecular complexity index is 747. The van der Waals surface area contributed by atoms with Gasteiger partial charge in [-0.25, -0.2) is 0 Å². The third kappa shape index (κ3) is 16.2. The van der Waals surface area contributed by atoms with E-state index in [9.17, 15) is 20.1 Å². The van der Waals surface area contributed by atoms with E-state index < -0.39 is 5.54 Å². The Hall–Kier alpha value is -1.70. The van der Waals surface area contributed by atoms with Crippen molar-refractivity contribution in [2.75, 3.05) is 139 Å². The highest BCUT2D eigenvalue weighted by atomic mass is 16.6. The predicted octanol–water partition coefficient (Wildman–Crippen LogP) is -1.69. The van der Waals surface area contributed by atoms with Gasteiger partial charge >= 0.3 is 0 Å². The molecule has 4 N–H and O–H groups in total. The molecule has 244 valence electrons. The first-order chi connectivity index (χ1) is 20.5. The van der Waals surface area contributed by atoms with Gasteiger partial charge in [-0.3, -0.25) is 19.6 Å². The summed E-state index contributed by atoms with van der Waals surface area (Å²) in [6.45, 7) is 11.9. The zero-order valence-electron chi connectivity index (χ0n) is 25.8. The summed E-state index contributed by atoms with van der Waals surface area (Å²) in [6.07, 6.45) is 6.56. The van der Waals surface area contributed by atoms with Crippen LogP contribution in [0, 0.1) is 12.3 Å². The van der Waals surface area contributed by atoms with E-state index in [1.807, 2.05) is 4.90 Å².